The van der Waals surface area contributed by atoms with E-state index < -0.39 is 11.8 Å². The predicted octanol–water partition coefficient (Wildman–Crippen LogP) is 2.36. The lowest BCUT2D eigenvalue weighted by Crippen LogP contribution is -2.42. The zero-order valence-corrected chi connectivity index (χ0v) is 16.0. The van der Waals surface area contributed by atoms with Gasteiger partial charge in [-0.3, -0.25) is 9.59 Å². The molecule has 2 N–H and O–H groups in total. The van der Waals surface area contributed by atoms with E-state index in [1.54, 1.807) is 35.5 Å². The highest BCUT2D eigenvalue weighted by molar-refractivity contribution is 7.98. The molecule has 1 aromatic heterocycles. The van der Waals surface area contributed by atoms with Crippen LogP contribution in [0.1, 0.15) is 18.2 Å². The molecule has 2 heterocycles. The van der Waals surface area contributed by atoms with Crippen LogP contribution in [0.4, 0.5) is 5.82 Å². The summed E-state index contributed by atoms with van der Waals surface area (Å²) in [5, 5.41) is 10.5. The van der Waals surface area contributed by atoms with Crippen molar-refractivity contribution in [3.63, 3.8) is 0 Å². The summed E-state index contributed by atoms with van der Waals surface area (Å²) in [6, 6.07) is 6.87. The Labute approximate surface area is 160 Å². The summed E-state index contributed by atoms with van der Waals surface area (Å²) in [5.41, 5.74) is 2.61. The number of thioether (sulfide) groups is 1. The van der Waals surface area contributed by atoms with E-state index in [9.17, 15) is 9.59 Å². The quantitative estimate of drug-likeness (QED) is 0.760. The lowest BCUT2D eigenvalue weighted by atomic mass is 10.2. The number of carbonyl (C=O) groups is 2. The van der Waals surface area contributed by atoms with Crippen LogP contribution in [0.2, 0.25) is 5.02 Å². The van der Waals surface area contributed by atoms with E-state index in [1.807, 2.05) is 12.1 Å². The fraction of sp³-hybridized carbons (Fsp3) is 0.353. The second-order valence-electron chi connectivity index (χ2n) is 5.94. The highest BCUT2D eigenvalue weighted by Crippen LogP contribution is 2.36. The van der Waals surface area contributed by atoms with Gasteiger partial charge in [-0.15, -0.1) is 0 Å². The highest BCUT2D eigenvalue weighted by atomic mass is 35.5. The van der Waals surface area contributed by atoms with Crippen LogP contribution in [0, 0.1) is 0 Å². The van der Waals surface area contributed by atoms with Crippen molar-refractivity contribution in [2.75, 3.05) is 19.0 Å². The molecule has 1 aliphatic rings. The minimum Gasteiger partial charge on any atom is -0.383 e. The van der Waals surface area contributed by atoms with Gasteiger partial charge < -0.3 is 15.4 Å². The van der Waals surface area contributed by atoms with Gasteiger partial charge in [-0.25, -0.2) is 4.68 Å². The molecule has 0 fully saturated rings. The van der Waals surface area contributed by atoms with Crippen molar-refractivity contribution in [3.8, 4) is 5.69 Å². The minimum absolute atomic E-state index is 0.263. The molecule has 0 bridgehead atoms. The summed E-state index contributed by atoms with van der Waals surface area (Å²) in [6.45, 7) is 2.09. The molecule has 0 saturated carbocycles. The third-order valence-electron chi connectivity index (χ3n) is 3.86. The third-order valence-corrected chi connectivity index (χ3v) is 5.08. The van der Waals surface area contributed by atoms with Crippen LogP contribution < -0.4 is 10.6 Å². The second-order valence-corrected chi connectivity index (χ2v) is 7.36. The van der Waals surface area contributed by atoms with Gasteiger partial charge >= 0.3 is 11.8 Å². The van der Waals surface area contributed by atoms with Crippen molar-refractivity contribution in [3.05, 3.63) is 40.5 Å². The summed E-state index contributed by atoms with van der Waals surface area (Å²) in [7, 11) is 1.54. The van der Waals surface area contributed by atoms with Crippen molar-refractivity contribution < 1.29 is 14.3 Å². The van der Waals surface area contributed by atoms with Gasteiger partial charge in [-0.05, 0) is 31.2 Å². The first-order chi connectivity index (χ1) is 12.5. The number of halogens is 1. The van der Waals surface area contributed by atoms with Crippen molar-refractivity contribution in [1.29, 1.82) is 0 Å². The maximum atomic E-state index is 12.4. The molecule has 2 aromatic rings. The van der Waals surface area contributed by atoms with Crippen LogP contribution in [0.15, 0.2) is 24.3 Å². The van der Waals surface area contributed by atoms with Gasteiger partial charge in [0.2, 0.25) is 0 Å². The number of anilines is 1. The number of hydrogen-bond donors (Lipinski definition) is 2. The molecule has 2 amide bonds. The number of amides is 2. The Hall–Kier alpha value is -2.03. The SMILES string of the molecule is COC[C@@H](C)NC(=O)C(=O)Nc1c2c(nn1-c1ccc(Cl)cc1)CSC2. The van der Waals surface area contributed by atoms with Gasteiger partial charge in [-0.1, -0.05) is 11.6 Å². The van der Waals surface area contributed by atoms with Crippen molar-refractivity contribution >= 4 is 41.0 Å². The van der Waals surface area contributed by atoms with Crippen molar-refractivity contribution in [2.24, 2.45) is 0 Å². The molecule has 9 heteroatoms. The topological polar surface area (TPSA) is 85.2 Å². The van der Waals surface area contributed by atoms with Gasteiger partial charge in [-0.2, -0.15) is 16.9 Å². The highest BCUT2D eigenvalue weighted by Gasteiger charge is 2.26. The third kappa shape index (κ3) is 4.03. The molecule has 1 aliphatic heterocycles. The fourth-order valence-electron chi connectivity index (χ4n) is 2.66. The number of nitrogens with zero attached hydrogens (tertiary/aromatic N) is 2. The van der Waals surface area contributed by atoms with E-state index in [-0.39, 0.29) is 6.04 Å². The van der Waals surface area contributed by atoms with E-state index in [0.29, 0.717) is 17.4 Å². The monoisotopic (exact) mass is 394 g/mol. The minimum atomic E-state index is -0.734. The Bertz CT molecular complexity index is 822. The zero-order valence-electron chi connectivity index (χ0n) is 14.4. The number of aromatic nitrogens is 2. The molecule has 138 valence electrons. The summed E-state index contributed by atoms with van der Waals surface area (Å²) >= 11 is 7.67. The van der Waals surface area contributed by atoms with Crippen LogP contribution in [0.3, 0.4) is 0 Å². The molecule has 0 saturated heterocycles. The first-order valence-electron chi connectivity index (χ1n) is 8.05. The average Bonchev–Trinajstić information content (AvgIpc) is 3.18. The van der Waals surface area contributed by atoms with Gasteiger partial charge in [0, 0.05) is 35.2 Å². The molecular weight excluding hydrogens is 376 g/mol. The first-order valence-corrected chi connectivity index (χ1v) is 9.58. The van der Waals surface area contributed by atoms with Crippen LogP contribution in [-0.2, 0) is 25.8 Å². The molecule has 7 nitrogen and oxygen atoms in total. The van der Waals surface area contributed by atoms with E-state index in [2.05, 4.69) is 15.7 Å². The Kier molecular flexibility index (Phi) is 5.85. The molecule has 1 atom stereocenters. The number of carbonyl (C=O) groups excluding carboxylic acids is 2. The lowest BCUT2D eigenvalue weighted by molar-refractivity contribution is -0.136. The summed E-state index contributed by atoms with van der Waals surface area (Å²) in [6.07, 6.45) is 0. The van der Waals surface area contributed by atoms with E-state index in [0.717, 1.165) is 28.5 Å². The zero-order chi connectivity index (χ0) is 18.7. The molecular formula is C17H19ClN4O3S. The molecule has 26 heavy (non-hydrogen) atoms. The number of benzene rings is 1. The molecule has 0 spiro atoms. The number of hydrogen-bond acceptors (Lipinski definition) is 5. The van der Waals surface area contributed by atoms with E-state index in [4.69, 9.17) is 16.3 Å². The van der Waals surface area contributed by atoms with Crippen LogP contribution in [0.25, 0.3) is 5.69 Å². The number of rotatable bonds is 5. The molecule has 0 unspecified atom stereocenters. The van der Waals surface area contributed by atoms with Gasteiger partial charge in [0.15, 0.2) is 0 Å². The van der Waals surface area contributed by atoms with E-state index in [1.165, 1.54) is 7.11 Å². The Balaban J connectivity index is 1.84. The fourth-order valence-corrected chi connectivity index (χ4v) is 3.82. The summed E-state index contributed by atoms with van der Waals surface area (Å²) < 4.78 is 6.61. The second kappa shape index (κ2) is 8.11. The van der Waals surface area contributed by atoms with Crippen LogP contribution >= 0.6 is 23.4 Å². The van der Waals surface area contributed by atoms with Crippen LogP contribution in [0.5, 0.6) is 0 Å². The van der Waals surface area contributed by atoms with Gasteiger partial charge in [0.1, 0.15) is 5.82 Å². The number of nitrogens with one attached hydrogen (secondary N) is 2. The van der Waals surface area contributed by atoms with Gasteiger partial charge in [0.05, 0.1) is 18.0 Å². The number of ether oxygens (including phenoxy) is 1. The van der Waals surface area contributed by atoms with Gasteiger partial charge in [0.25, 0.3) is 0 Å². The van der Waals surface area contributed by atoms with E-state index >= 15 is 0 Å². The summed E-state index contributed by atoms with van der Waals surface area (Å²) in [5.74, 6) is 0.586. The average molecular weight is 395 g/mol. The maximum absolute atomic E-state index is 12.4. The normalized spacial score (nSPS) is 14.0. The lowest BCUT2D eigenvalue weighted by Gasteiger charge is -2.14. The Morgan fingerprint density at radius 1 is 1.31 bits per heavy atom. The Morgan fingerprint density at radius 3 is 2.73 bits per heavy atom. The smallest absolute Gasteiger partial charge is 0.314 e. The van der Waals surface area contributed by atoms with Crippen LogP contribution in [-0.4, -0.2) is 41.4 Å². The van der Waals surface area contributed by atoms with Crippen molar-refractivity contribution in [1.82, 2.24) is 15.1 Å². The first kappa shape index (κ1) is 18.8. The largest absolute Gasteiger partial charge is 0.383 e. The molecule has 0 radical (unpaired) electrons. The standard InChI is InChI=1S/C17H19ClN4O3S/c1-10(7-25-2)19-16(23)17(24)20-15-13-8-26-9-14(13)21-22(15)12-5-3-11(18)4-6-12/h3-6,10H,7-9H2,1-2H3,(H,19,23)(H,20,24)/t10-/m1/s1. The molecule has 3 rings (SSSR count). The van der Waals surface area contributed by atoms with Crippen molar-refractivity contribution in [2.45, 2.75) is 24.5 Å². The predicted molar refractivity (Wildman–Crippen MR) is 102 cm³/mol. The maximum Gasteiger partial charge on any atom is 0.314 e. The molecule has 0 aliphatic carbocycles. The number of methoxy groups -OCH3 is 1. The number of fused-ring (bicyclic) bond motifs is 1. The molecule has 1 aromatic carbocycles. The summed E-state index contributed by atoms with van der Waals surface area (Å²) in [4.78, 5) is 24.5. The Morgan fingerprint density at radius 2 is 2.04 bits per heavy atom.